The van der Waals surface area contributed by atoms with Crippen LogP contribution in [0.3, 0.4) is 0 Å². The SMILES string of the molecule is COCCCN1C(=O)c2ccccc2C[C@@]1(C)C(=O)NC1CCCCC1. The van der Waals surface area contributed by atoms with Crippen LogP contribution in [-0.2, 0) is 16.0 Å². The van der Waals surface area contributed by atoms with Crippen LogP contribution in [0.4, 0.5) is 0 Å². The van der Waals surface area contributed by atoms with Gasteiger partial charge < -0.3 is 15.0 Å². The molecule has 142 valence electrons. The number of carbonyl (C=O) groups is 2. The van der Waals surface area contributed by atoms with Gasteiger partial charge in [-0.05, 0) is 37.8 Å². The van der Waals surface area contributed by atoms with E-state index in [0.29, 0.717) is 25.1 Å². The molecular formula is C21H30N2O3. The summed E-state index contributed by atoms with van der Waals surface area (Å²) >= 11 is 0. The molecule has 0 spiro atoms. The van der Waals surface area contributed by atoms with E-state index in [2.05, 4.69) is 5.32 Å². The second-order valence-electron chi connectivity index (χ2n) is 7.72. The molecule has 3 rings (SSSR count). The third-order valence-corrected chi connectivity index (χ3v) is 5.78. The molecule has 1 aromatic carbocycles. The van der Waals surface area contributed by atoms with E-state index >= 15 is 0 Å². The Morgan fingerprint density at radius 1 is 1.27 bits per heavy atom. The molecular weight excluding hydrogens is 328 g/mol. The van der Waals surface area contributed by atoms with Crippen molar-refractivity contribution < 1.29 is 14.3 Å². The summed E-state index contributed by atoms with van der Waals surface area (Å²) < 4.78 is 5.15. The molecule has 0 saturated heterocycles. The van der Waals surface area contributed by atoms with Crippen LogP contribution in [-0.4, -0.2) is 48.6 Å². The monoisotopic (exact) mass is 358 g/mol. The Bertz CT molecular complexity index is 654. The van der Waals surface area contributed by atoms with E-state index in [-0.39, 0.29) is 17.9 Å². The molecule has 0 aromatic heterocycles. The first kappa shape index (κ1) is 18.9. The molecule has 1 fully saturated rings. The topological polar surface area (TPSA) is 58.6 Å². The van der Waals surface area contributed by atoms with E-state index in [4.69, 9.17) is 4.74 Å². The van der Waals surface area contributed by atoms with Crippen molar-refractivity contribution in [3.05, 3.63) is 35.4 Å². The fraction of sp³-hybridized carbons (Fsp3) is 0.619. The van der Waals surface area contributed by atoms with Gasteiger partial charge in [0.1, 0.15) is 5.54 Å². The molecule has 1 heterocycles. The fourth-order valence-corrected chi connectivity index (χ4v) is 4.22. The molecule has 1 aliphatic carbocycles. The largest absolute Gasteiger partial charge is 0.385 e. The Kier molecular flexibility index (Phi) is 5.97. The lowest BCUT2D eigenvalue weighted by molar-refractivity contribution is -0.132. The van der Waals surface area contributed by atoms with Gasteiger partial charge in [0.15, 0.2) is 0 Å². The summed E-state index contributed by atoms with van der Waals surface area (Å²) in [6.07, 6.45) is 6.93. The molecule has 1 N–H and O–H groups in total. The fourth-order valence-electron chi connectivity index (χ4n) is 4.22. The molecule has 26 heavy (non-hydrogen) atoms. The molecule has 5 heteroatoms. The molecule has 2 amide bonds. The maximum atomic E-state index is 13.3. The van der Waals surface area contributed by atoms with E-state index in [0.717, 1.165) is 24.8 Å². The first-order chi connectivity index (χ1) is 12.6. The van der Waals surface area contributed by atoms with Crippen molar-refractivity contribution in [2.75, 3.05) is 20.3 Å². The highest BCUT2D eigenvalue weighted by Crippen LogP contribution is 2.32. The second-order valence-corrected chi connectivity index (χ2v) is 7.72. The Labute approximate surface area is 156 Å². The van der Waals surface area contributed by atoms with Gasteiger partial charge in [-0.25, -0.2) is 0 Å². The average Bonchev–Trinajstić information content (AvgIpc) is 2.65. The number of nitrogens with one attached hydrogen (secondary N) is 1. The molecule has 1 atom stereocenters. The molecule has 1 aliphatic heterocycles. The van der Waals surface area contributed by atoms with Crippen molar-refractivity contribution in [1.29, 1.82) is 0 Å². The standard InChI is InChI=1S/C21H30N2O3/c1-21(20(25)22-17-10-4-3-5-11-17)15-16-9-6-7-12-18(16)19(24)23(21)13-8-14-26-2/h6-7,9,12,17H,3-5,8,10-11,13-15H2,1-2H3,(H,22,25)/t21-/m0/s1. The Balaban J connectivity index is 1.84. The number of hydrogen-bond donors (Lipinski definition) is 1. The quantitative estimate of drug-likeness (QED) is 0.796. The van der Waals surface area contributed by atoms with Crippen LogP contribution in [0, 0.1) is 0 Å². The molecule has 5 nitrogen and oxygen atoms in total. The normalized spacial score (nSPS) is 23.6. The van der Waals surface area contributed by atoms with E-state index in [9.17, 15) is 9.59 Å². The number of carbonyl (C=O) groups excluding carboxylic acids is 2. The lowest BCUT2D eigenvalue weighted by atomic mass is 9.82. The summed E-state index contributed by atoms with van der Waals surface area (Å²) in [6.45, 7) is 3.01. The van der Waals surface area contributed by atoms with Gasteiger partial charge in [-0.3, -0.25) is 9.59 Å². The summed E-state index contributed by atoms with van der Waals surface area (Å²) in [5.41, 5.74) is 0.825. The maximum absolute atomic E-state index is 13.3. The molecule has 1 aromatic rings. The maximum Gasteiger partial charge on any atom is 0.255 e. The first-order valence-corrected chi connectivity index (χ1v) is 9.76. The zero-order valence-corrected chi connectivity index (χ0v) is 15.9. The third kappa shape index (κ3) is 3.78. The minimum Gasteiger partial charge on any atom is -0.385 e. The number of rotatable bonds is 6. The average molecular weight is 358 g/mol. The van der Waals surface area contributed by atoms with Crippen LogP contribution in [0.15, 0.2) is 24.3 Å². The third-order valence-electron chi connectivity index (χ3n) is 5.78. The van der Waals surface area contributed by atoms with Crippen LogP contribution in [0.2, 0.25) is 0 Å². The summed E-state index contributed by atoms with van der Waals surface area (Å²) in [4.78, 5) is 28.1. The molecule has 0 radical (unpaired) electrons. The van der Waals surface area contributed by atoms with Gasteiger partial charge in [0.05, 0.1) is 0 Å². The molecule has 2 aliphatic rings. The van der Waals surface area contributed by atoms with Gasteiger partial charge in [0.25, 0.3) is 5.91 Å². The van der Waals surface area contributed by atoms with Crippen molar-refractivity contribution in [3.63, 3.8) is 0 Å². The second kappa shape index (κ2) is 8.21. The van der Waals surface area contributed by atoms with E-state index in [1.54, 1.807) is 12.0 Å². The number of nitrogens with zero attached hydrogens (tertiary/aromatic N) is 1. The van der Waals surface area contributed by atoms with Gasteiger partial charge >= 0.3 is 0 Å². The molecule has 0 bridgehead atoms. The van der Waals surface area contributed by atoms with Crippen LogP contribution in [0.1, 0.15) is 61.4 Å². The number of fused-ring (bicyclic) bond motifs is 1. The Morgan fingerprint density at radius 3 is 2.73 bits per heavy atom. The summed E-state index contributed by atoms with van der Waals surface area (Å²) in [5, 5.41) is 3.24. The van der Waals surface area contributed by atoms with Gasteiger partial charge in [-0.2, -0.15) is 0 Å². The number of amides is 2. The number of ether oxygens (including phenoxy) is 1. The van der Waals surface area contributed by atoms with Crippen LogP contribution >= 0.6 is 0 Å². The van der Waals surface area contributed by atoms with Gasteiger partial charge in [0.2, 0.25) is 5.91 Å². The van der Waals surface area contributed by atoms with Gasteiger partial charge in [-0.15, -0.1) is 0 Å². The summed E-state index contributed by atoms with van der Waals surface area (Å²) in [6, 6.07) is 7.88. The lowest BCUT2D eigenvalue weighted by Crippen LogP contribution is -2.63. The van der Waals surface area contributed by atoms with Crippen LogP contribution < -0.4 is 5.32 Å². The zero-order chi connectivity index (χ0) is 18.6. The summed E-state index contributed by atoms with van der Waals surface area (Å²) in [7, 11) is 1.66. The van der Waals surface area contributed by atoms with Gasteiger partial charge in [0, 0.05) is 38.3 Å². The van der Waals surface area contributed by atoms with Crippen molar-refractivity contribution >= 4 is 11.8 Å². The Hall–Kier alpha value is -1.88. The van der Waals surface area contributed by atoms with Crippen molar-refractivity contribution in [1.82, 2.24) is 10.2 Å². The summed E-state index contributed by atoms with van der Waals surface area (Å²) in [5.74, 6) is -0.0751. The Morgan fingerprint density at radius 2 is 2.00 bits per heavy atom. The van der Waals surface area contributed by atoms with Crippen LogP contribution in [0.25, 0.3) is 0 Å². The van der Waals surface area contributed by atoms with Crippen molar-refractivity contribution in [2.45, 2.75) is 63.5 Å². The number of methoxy groups -OCH3 is 1. The highest BCUT2D eigenvalue weighted by atomic mass is 16.5. The minimum absolute atomic E-state index is 0.0235. The van der Waals surface area contributed by atoms with Crippen molar-refractivity contribution in [3.8, 4) is 0 Å². The number of benzene rings is 1. The predicted octanol–water partition coefficient (Wildman–Crippen LogP) is 2.93. The molecule has 1 saturated carbocycles. The first-order valence-electron chi connectivity index (χ1n) is 9.76. The van der Waals surface area contributed by atoms with Crippen LogP contribution in [0.5, 0.6) is 0 Å². The van der Waals surface area contributed by atoms with E-state index in [1.165, 1.54) is 19.3 Å². The lowest BCUT2D eigenvalue weighted by Gasteiger charge is -2.45. The zero-order valence-electron chi connectivity index (χ0n) is 15.9. The van der Waals surface area contributed by atoms with Crippen molar-refractivity contribution in [2.24, 2.45) is 0 Å². The highest BCUT2D eigenvalue weighted by molar-refractivity contribution is 6.02. The molecule has 0 unspecified atom stereocenters. The van der Waals surface area contributed by atoms with E-state index in [1.807, 2.05) is 31.2 Å². The van der Waals surface area contributed by atoms with E-state index < -0.39 is 5.54 Å². The smallest absolute Gasteiger partial charge is 0.255 e. The predicted molar refractivity (Wildman–Crippen MR) is 101 cm³/mol. The van der Waals surface area contributed by atoms with Gasteiger partial charge in [-0.1, -0.05) is 37.5 Å². The highest BCUT2D eigenvalue weighted by Gasteiger charge is 2.46. The number of hydrogen-bond acceptors (Lipinski definition) is 3. The minimum atomic E-state index is -0.851.